The second-order valence-corrected chi connectivity index (χ2v) is 5.53. The highest BCUT2D eigenvalue weighted by Crippen LogP contribution is 2.35. The van der Waals surface area contributed by atoms with Crippen molar-refractivity contribution < 1.29 is 0 Å². The van der Waals surface area contributed by atoms with Gasteiger partial charge in [0.25, 0.3) is 0 Å². The number of hydrogen-bond acceptors (Lipinski definition) is 3. The number of halogens is 1. The van der Waals surface area contributed by atoms with Crippen LogP contribution >= 0.6 is 11.6 Å². The number of benzene rings is 1. The van der Waals surface area contributed by atoms with Gasteiger partial charge in [-0.15, -0.1) is 10.2 Å². The first-order chi connectivity index (χ1) is 9.83. The Morgan fingerprint density at radius 2 is 2.10 bits per heavy atom. The van der Waals surface area contributed by atoms with Gasteiger partial charge in [-0.05, 0) is 30.4 Å². The minimum absolute atomic E-state index is 0.290. The predicted octanol–water partition coefficient (Wildman–Crippen LogP) is 3.25. The summed E-state index contributed by atoms with van der Waals surface area (Å²) in [6, 6.07) is 10.3. The first kappa shape index (κ1) is 11.9. The van der Waals surface area contributed by atoms with E-state index in [-0.39, 0.29) is 5.92 Å². The van der Waals surface area contributed by atoms with Gasteiger partial charge in [-0.1, -0.05) is 35.9 Å². The quantitative estimate of drug-likeness (QED) is 0.644. The molecule has 0 saturated heterocycles. The zero-order valence-electron chi connectivity index (χ0n) is 10.8. The van der Waals surface area contributed by atoms with Crippen molar-refractivity contribution in [3.05, 3.63) is 58.8 Å². The third-order valence-electron chi connectivity index (χ3n) is 3.97. The van der Waals surface area contributed by atoms with Gasteiger partial charge in [0.15, 0.2) is 5.65 Å². The van der Waals surface area contributed by atoms with E-state index in [9.17, 15) is 0 Å². The van der Waals surface area contributed by atoms with Crippen LogP contribution in [0.4, 0.5) is 0 Å². The monoisotopic (exact) mass is 284 g/mol. The number of rotatable bonds is 1. The van der Waals surface area contributed by atoms with Crippen LogP contribution in [0, 0.1) is 0 Å². The Labute approximate surface area is 121 Å². The maximum Gasteiger partial charge on any atom is 0.165 e. The van der Waals surface area contributed by atoms with Crippen LogP contribution in [-0.4, -0.2) is 19.6 Å². The Hall–Kier alpha value is -1.94. The van der Waals surface area contributed by atoms with Crippen LogP contribution in [0.25, 0.3) is 5.65 Å². The van der Waals surface area contributed by atoms with E-state index in [4.69, 9.17) is 11.6 Å². The molecular weight excluding hydrogens is 272 g/mol. The molecule has 0 radical (unpaired) electrons. The Morgan fingerprint density at radius 3 is 3.05 bits per heavy atom. The molecule has 2 heterocycles. The van der Waals surface area contributed by atoms with E-state index in [0.717, 1.165) is 24.3 Å². The van der Waals surface area contributed by atoms with Crippen LogP contribution in [0.1, 0.15) is 35.7 Å². The van der Waals surface area contributed by atoms with Gasteiger partial charge in [-0.3, -0.25) is 4.40 Å². The van der Waals surface area contributed by atoms with Gasteiger partial charge in [-0.25, -0.2) is 4.98 Å². The van der Waals surface area contributed by atoms with Crippen LogP contribution in [0.5, 0.6) is 0 Å². The van der Waals surface area contributed by atoms with Crippen LogP contribution in [0.15, 0.2) is 36.7 Å². The maximum absolute atomic E-state index is 5.90. The molecule has 1 atom stereocenters. The molecule has 0 aliphatic heterocycles. The fourth-order valence-electron chi connectivity index (χ4n) is 3.05. The van der Waals surface area contributed by atoms with Crippen LogP contribution in [0.3, 0.4) is 0 Å². The van der Waals surface area contributed by atoms with E-state index in [1.165, 1.54) is 17.5 Å². The summed E-state index contributed by atoms with van der Waals surface area (Å²) in [6.45, 7) is 0. The number of aryl methyl sites for hydroxylation is 1. The van der Waals surface area contributed by atoms with E-state index in [1.807, 2.05) is 4.40 Å². The number of nitrogens with zero attached hydrogens (tertiary/aromatic N) is 4. The van der Waals surface area contributed by atoms with E-state index >= 15 is 0 Å². The van der Waals surface area contributed by atoms with Gasteiger partial charge in [0, 0.05) is 12.0 Å². The lowest BCUT2D eigenvalue weighted by Crippen LogP contribution is -2.13. The Bertz CT molecular complexity index is 780. The third kappa shape index (κ3) is 1.79. The summed E-state index contributed by atoms with van der Waals surface area (Å²) >= 11 is 5.90. The van der Waals surface area contributed by atoms with Crippen molar-refractivity contribution in [2.24, 2.45) is 0 Å². The molecule has 0 N–H and O–H groups in total. The third-order valence-corrected chi connectivity index (χ3v) is 4.18. The molecule has 3 aromatic rings. The van der Waals surface area contributed by atoms with Crippen molar-refractivity contribution >= 4 is 17.2 Å². The fourth-order valence-corrected chi connectivity index (χ4v) is 3.19. The van der Waals surface area contributed by atoms with Crippen molar-refractivity contribution in [1.29, 1.82) is 0 Å². The van der Waals surface area contributed by atoms with Crippen molar-refractivity contribution in [3.63, 3.8) is 0 Å². The second kappa shape index (κ2) is 4.56. The summed E-state index contributed by atoms with van der Waals surface area (Å²) in [7, 11) is 0. The molecule has 100 valence electrons. The molecule has 1 aliphatic carbocycles. The molecule has 0 fully saturated rings. The molecule has 2 aromatic heterocycles. The number of fused-ring (bicyclic) bond motifs is 2. The minimum Gasteiger partial charge on any atom is -0.269 e. The fraction of sp³-hybridized carbons (Fsp3) is 0.267. The highest BCUT2D eigenvalue weighted by atomic mass is 35.5. The molecule has 0 spiro atoms. The molecule has 1 unspecified atom stereocenters. The Morgan fingerprint density at radius 1 is 1.20 bits per heavy atom. The normalized spacial score (nSPS) is 18.1. The van der Waals surface area contributed by atoms with Crippen molar-refractivity contribution in [2.75, 3.05) is 0 Å². The maximum atomic E-state index is 5.90. The van der Waals surface area contributed by atoms with E-state index < -0.39 is 0 Å². The van der Waals surface area contributed by atoms with Gasteiger partial charge >= 0.3 is 0 Å². The highest BCUT2D eigenvalue weighted by molar-refractivity contribution is 6.29. The average Bonchev–Trinajstić information content (AvgIpc) is 2.89. The molecule has 0 amide bonds. The van der Waals surface area contributed by atoms with Gasteiger partial charge < -0.3 is 0 Å². The molecule has 1 aliphatic rings. The Kier molecular flexibility index (Phi) is 2.70. The summed E-state index contributed by atoms with van der Waals surface area (Å²) < 4.78 is 1.94. The van der Waals surface area contributed by atoms with E-state index in [1.54, 1.807) is 12.4 Å². The van der Waals surface area contributed by atoms with Gasteiger partial charge in [-0.2, -0.15) is 0 Å². The zero-order chi connectivity index (χ0) is 13.5. The SMILES string of the molecule is Clc1cc2nnc(C3CCCc4ccccc43)n2cn1. The molecule has 20 heavy (non-hydrogen) atoms. The standard InChI is InChI=1S/C15H13ClN4/c16-13-8-14-18-19-15(20(14)9-17-13)12-7-3-5-10-4-1-2-6-11(10)12/h1-2,4,6,8-9,12H,3,5,7H2. The topological polar surface area (TPSA) is 43.1 Å². The van der Waals surface area contributed by atoms with E-state index in [0.29, 0.717) is 5.15 Å². The number of hydrogen-bond donors (Lipinski definition) is 0. The molecule has 5 heteroatoms. The first-order valence-electron chi connectivity index (χ1n) is 6.77. The Balaban J connectivity index is 1.88. The summed E-state index contributed by atoms with van der Waals surface area (Å²) in [6.07, 6.45) is 5.13. The number of aromatic nitrogens is 4. The minimum atomic E-state index is 0.290. The van der Waals surface area contributed by atoms with Gasteiger partial charge in [0.05, 0.1) is 0 Å². The van der Waals surface area contributed by atoms with Crippen LogP contribution in [0.2, 0.25) is 5.15 Å². The van der Waals surface area contributed by atoms with Crippen LogP contribution < -0.4 is 0 Å². The van der Waals surface area contributed by atoms with Crippen molar-refractivity contribution in [3.8, 4) is 0 Å². The van der Waals surface area contributed by atoms with Crippen molar-refractivity contribution in [2.45, 2.75) is 25.2 Å². The zero-order valence-corrected chi connectivity index (χ0v) is 11.6. The largest absolute Gasteiger partial charge is 0.269 e. The predicted molar refractivity (Wildman–Crippen MR) is 77.0 cm³/mol. The summed E-state index contributed by atoms with van der Waals surface area (Å²) in [5.74, 6) is 1.24. The molecule has 4 nitrogen and oxygen atoms in total. The smallest absolute Gasteiger partial charge is 0.165 e. The second-order valence-electron chi connectivity index (χ2n) is 5.14. The summed E-state index contributed by atoms with van der Waals surface area (Å²) in [5.41, 5.74) is 3.54. The lowest BCUT2D eigenvalue weighted by molar-refractivity contribution is 0.585. The molecule has 0 saturated carbocycles. The molecule has 1 aromatic carbocycles. The first-order valence-corrected chi connectivity index (χ1v) is 7.15. The average molecular weight is 285 g/mol. The van der Waals surface area contributed by atoms with Gasteiger partial charge in [0.1, 0.15) is 17.3 Å². The summed E-state index contributed by atoms with van der Waals surface area (Å²) in [5, 5.41) is 9.03. The molecule has 4 rings (SSSR count). The van der Waals surface area contributed by atoms with Gasteiger partial charge in [0.2, 0.25) is 0 Å². The highest BCUT2D eigenvalue weighted by Gasteiger charge is 2.25. The lowest BCUT2D eigenvalue weighted by Gasteiger charge is -2.24. The van der Waals surface area contributed by atoms with Crippen molar-refractivity contribution in [1.82, 2.24) is 19.6 Å². The molecule has 0 bridgehead atoms. The van der Waals surface area contributed by atoms with Crippen LogP contribution in [-0.2, 0) is 6.42 Å². The van der Waals surface area contributed by atoms with E-state index in [2.05, 4.69) is 39.4 Å². The lowest BCUT2D eigenvalue weighted by atomic mass is 9.82. The molecular formula is C15H13ClN4. The summed E-state index contributed by atoms with van der Waals surface area (Å²) in [4.78, 5) is 4.14.